The van der Waals surface area contributed by atoms with Crippen LogP contribution in [0.3, 0.4) is 0 Å². The van der Waals surface area contributed by atoms with E-state index in [2.05, 4.69) is 10.5 Å². The standard InChI is InChI=1S/C19H18Cl2N2O5/c1-11(27-16-7-5-14(20)9-15(16)21)19(25)23-22-10-13-4-6-17(28-12(2)24)18(8-13)26-3/h4-11H,1-3H3,(H,23,25)/t11-/m0/s1. The van der Waals surface area contributed by atoms with Crippen molar-refractivity contribution in [1.29, 1.82) is 0 Å². The normalized spacial score (nSPS) is 11.8. The van der Waals surface area contributed by atoms with Crippen LogP contribution in [0, 0.1) is 0 Å². The molecular formula is C19H18Cl2N2O5. The number of nitrogens with zero attached hydrogens (tertiary/aromatic N) is 1. The van der Waals surface area contributed by atoms with Crippen molar-refractivity contribution in [2.24, 2.45) is 5.10 Å². The minimum absolute atomic E-state index is 0.290. The van der Waals surface area contributed by atoms with Crippen molar-refractivity contribution in [3.05, 3.63) is 52.0 Å². The van der Waals surface area contributed by atoms with Crippen molar-refractivity contribution in [2.45, 2.75) is 20.0 Å². The molecule has 0 aromatic heterocycles. The molecule has 1 N–H and O–H groups in total. The Balaban J connectivity index is 1.97. The molecule has 9 heteroatoms. The number of hydrazone groups is 1. The first-order chi connectivity index (χ1) is 13.3. The van der Waals surface area contributed by atoms with Gasteiger partial charge >= 0.3 is 5.97 Å². The number of carbonyl (C=O) groups is 2. The van der Waals surface area contributed by atoms with E-state index in [1.807, 2.05) is 0 Å². The summed E-state index contributed by atoms with van der Waals surface area (Å²) in [6, 6.07) is 9.55. The molecule has 0 saturated heterocycles. The van der Waals surface area contributed by atoms with Crippen molar-refractivity contribution in [3.8, 4) is 17.2 Å². The Bertz CT molecular complexity index is 902. The van der Waals surface area contributed by atoms with Crippen LogP contribution in [0.15, 0.2) is 41.5 Å². The predicted molar refractivity (Wildman–Crippen MR) is 107 cm³/mol. The molecule has 0 aliphatic carbocycles. The van der Waals surface area contributed by atoms with Gasteiger partial charge in [0.15, 0.2) is 17.6 Å². The summed E-state index contributed by atoms with van der Waals surface area (Å²) in [5.41, 5.74) is 3.00. The Morgan fingerprint density at radius 3 is 2.46 bits per heavy atom. The summed E-state index contributed by atoms with van der Waals surface area (Å²) in [5, 5.41) is 4.65. The number of esters is 1. The summed E-state index contributed by atoms with van der Waals surface area (Å²) in [5.74, 6) is 0.0635. The zero-order valence-electron chi connectivity index (χ0n) is 15.4. The lowest BCUT2D eigenvalue weighted by Crippen LogP contribution is -2.33. The molecule has 0 bridgehead atoms. The molecule has 2 aromatic rings. The summed E-state index contributed by atoms with van der Waals surface area (Å²) in [7, 11) is 1.45. The maximum atomic E-state index is 12.1. The van der Waals surface area contributed by atoms with Crippen molar-refractivity contribution in [2.75, 3.05) is 7.11 Å². The Kier molecular flexibility index (Phi) is 7.66. The van der Waals surface area contributed by atoms with E-state index < -0.39 is 18.0 Å². The Morgan fingerprint density at radius 1 is 1.11 bits per heavy atom. The van der Waals surface area contributed by atoms with E-state index >= 15 is 0 Å². The van der Waals surface area contributed by atoms with Gasteiger partial charge in [-0.05, 0) is 48.9 Å². The van der Waals surface area contributed by atoms with Gasteiger partial charge < -0.3 is 14.2 Å². The van der Waals surface area contributed by atoms with Crippen LogP contribution < -0.4 is 19.6 Å². The third kappa shape index (κ3) is 6.14. The van der Waals surface area contributed by atoms with Gasteiger partial charge in [0, 0.05) is 11.9 Å². The number of nitrogens with one attached hydrogen (secondary N) is 1. The maximum absolute atomic E-state index is 12.1. The lowest BCUT2D eigenvalue weighted by Gasteiger charge is -2.14. The second-order valence-electron chi connectivity index (χ2n) is 5.57. The first-order valence-corrected chi connectivity index (χ1v) is 8.87. The van der Waals surface area contributed by atoms with Crippen molar-refractivity contribution < 1.29 is 23.8 Å². The number of carbonyl (C=O) groups excluding carboxylic acids is 2. The zero-order valence-corrected chi connectivity index (χ0v) is 16.9. The molecule has 2 aromatic carbocycles. The molecule has 0 heterocycles. The lowest BCUT2D eigenvalue weighted by molar-refractivity contribution is -0.132. The second-order valence-corrected chi connectivity index (χ2v) is 6.42. The molecule has 2 rings (SSSR count). The van der Waals surface area contributed by atoms with E-state index in [-0.39, 0.29) is 5.75 Å². The van der Waals surface area contributed by atoms with Crippen LogP contribution in [-0.2, 0) is 9.59 Å². The van der Waals surface area contributed by atoms with Gasteiger partial charge in [0.25, 0.3) is 5.91 Å². The average Bonchev–Trinajstić information content (AvgIpc) is 2.64. The summed E-state index contributed by atoms with van der Waals surface area (Å²) in [6.45, 7) is 2.86. The van der Waals surface area contributed by atoms with Crippen molar-refractivity contribution in [3.63, 3.8) is 0 Å². The number of halogens is 2. The fourth-order valence-corrected chi connectivity index (χ4v) is 2.53. The van der Waals surface area contributed by atoms with Crippen molar-refractivity contribution >= 4 is 41.3 Å². The number of amides is 1. The summed E-state index contributed by atoms with van der Waals surface area (Å²) >= 11 is 11.8. The largest absolute Gasteiger partial charge is 0.493 e. The average molecular weight is 425 g/mol. The SMILES string of the molecule is COc1cc(C=NNC(=O)[C@H](C)Oc2ccc(Cl)cc2Cl)ccc1OC(C)=O. The first kappa shape index (κ1) is 21.5. The molecule has 0 fully saturated rings. The zero-order chi connectivity index (χ0) is 20.7. The highest BCUT2D eigenvalue weighted by Gasteiger charge is 2.15. The van der Waals surface area contributed by atoms with Gasteiger partial charge in [-0.2, -0.15) is 5.10 Å². The van der Waals surface area contributed by atoms with Gasteiger partial charge in [0.05, 0.1) is 18.3 Å². The first-order valence-electron chi connectivity index (χ1n) is 8.11. The van der Waals surface area contributed by atoms with E-state index in [4.69, 9.17) is 37.4 Å². The van der Waals surface area contributed by atoms with Crippen LogP contribution in [-0.4, -0.2) is 31.3 Å². The van der Waals surface area contributed by atoms with Gasteiger partial charge in [0.1, 0.15) is 5.75 Å². The molecule has 28 heavy (non-hydrogen) atoms. The minimum atomic E-state index is -0.836. The van der Waals surface area contributed by atoms with E-state index in [1.165, 1.54) is 26.3 Å². The molecule has 1 atom stereocenters. The lowest BCUT2D eigenvalue weighted by atomic mass is 10.2. The summed E-state index contributed by atoms with van der Waals surface area (Å²) < 4.78 is 15.7. The molecule has 0 spiro atoms. The van der Waals surface area contributed by atoms with E-state index in [9.17, 15) is 9.59 Å². The van der Waals surface area contributed by atoms with Crippen LogP contribution >= 0.6 is 23.2 Å². The van der Waals surface area contributed by atoms with Gasteiger partial charge in [-0.3, -0.25) is 9.59 Å². The van der Waals surface area contributed by atoms with Crippen LogP contribution in [0.2, 0.25) is 10.0 Å². The number of hydrogen-bond acceptors (Lipinski definition) is 6. The topological polar surface area (TPSA) is 86.2 Å². The third-order valence-corrected chi connectivity index (χ3v) is 3.93. The quantitative estimate of drug-likeness (QED) is 0.315. The monoisotopic (exact) mass is 424 g/mol. The predicted octanol–water partition coefficient (Wildman–Crippen LogP) is 3.84. The molecule has 0 unspecified atom stereocenters. The highest BCUT2D eigenvalue weighted by Crippen LogP contribution is 2.29. The molecule has 0 saturated carbocycles. The third-order valence-electron chi connectivity index (χ3n) is 3.40. The Morgan fingerprint density at radius 2 is 1.82 bits per heavy atom. The van der Waals surface area contributed by atoms with E-state index in [0.29, 0.717) is 27.1 Å². The number of benzene rings is 2. The van der Waals surface area contributed by atoms with Crippen molar-refractivity contribution in [1.82, 2.24) is 5.43 Å². The van der Waals surface area contributed by atoms with Crippen LogP contribution in [0.4, 0.5) is 0 Å². The summed E-state index contributed by atoms with van der Waals surface area (Å²) in [4.78, 5) is 23.2. The molecular weight excluding hydrogens is 407 g/mol. The fourth-order valence-electron chi connectivity index (χ4n) is 2.08. The van der Waals surface area contributed by atoms with E-state index in [1.54, 1.807) is 37.3 Å². The fraction of sp³-hybridized carbons (Fsp3) is 0.211. The van der Waals surface area contributed by atoms with Crippen LogP contribution in [0.1, 0.15) is 19.4 Å². The number of hydrogen-bond donors (Lipinski definition) is 1. The molecule has 7 nitrogen and oxygen atoms in total. The van der Waals surface area contributed by atoms with Gasteiger partial charge in [0.2, 0.25) is 0 Å². The molecule has 0 aliphatic rings. The van der Waals surface area contributed by atoms with Crippen LogP contribution in [0.5, 0.6) is 17.2 Å². The molecule has 1 amide bonds. The molecule has 0 aliphatic heterocycles. The maximum Gasteiger partial charge on any atom is 0.308 e. The van der Waals surface area contributed by atoms with Gasteiger partial charge in [-0.25, -0.2) is 5.43 Å². The Hall–Kier alpha value is -2.77. The Labute approximate surface area is 172 Å². The number of methoxy groups -OCH3 is 1. The number of ether oxygens (including phenoxy) is 3. The second kappa shape index (κ2) is 9.96. The van der Waals surface area contributed by atoms with Gasteiger partial charge in [-0.1, -0.05) is 23.2 Å². The molecule has 148 valence electrons. The van der Waals surface area contributed by atoms with E-state index in [0.717, 1.165) is 0 Å². The van der Waals surface area contributed by atoms with Gasteiger partial charge in [-0.15, -0.1) is 0 Å². The number of rotatable bonds is 7. The molecule has 0 radical (unpaired) electrons. The van der Waals surface area contributed by atoms with Crippen LogP contribution in [0.25, 0.3) is 0 Å². The highest BCUT2D eigenvalue weighted by molar-refractivity contribution is 6.35. The minimum Gasteiger partial charge on any atom is -0.493 e. The highest BCUT2D eigenvalue weighted by atomic mass is 35.5. The smallest absolute Gasteiger partial charge is 0.308 e. The summed E-state index contributed by atoms with van der Waals surface area (Å²) in [6.07, 6.45) is 0.580.